The third-order valence-electron chi connectivity index (χ3n) is 4.70. The van der Waals surface area contributed by atoms with Crippen molar-refractivity contribution in [2.75, 3.05) is 13.7 Å². The summed E-state index contributed by atoms with van der Waals surface area (Å²) in [5.74, 6) is 1.31. The zero-order valence-corrected chi connectivity index (χ0v) is 14.1. The van der Waals surface area contributed by atoms with E-state index >= 15 is 0 Å². The smallest absolute Gasteiger partial charge is 0.274 e. The topological polar surface area (TPSA) is 59.7 Å². The lowest BCUT2D eigenvalue weighted by molar-refractivity contribution is 0.0606. The lowest BCUT2D eigenvalue weighted by Gasteiger charge is -2.35. The molecule has 3 heterocycles. The molecule has 1 aliphatic rings. The second-order valence-corrected chi connectivity index (χ2v) is 6.24. The molecule has 0 radical (unpaired) electrons. The van der Waals surface area contributed by atoms with Crippen molar-refractivity contribution in [3.63, 3.8) is 0 Å². The number of hydrogen-bond donors (Lipinski definition) is 0. The minimum atomic E-state index is -0.0435. The van der Waals surface area contributed by atoms with Crippen molar-refractivity contribution in [1.29, 1.82) is 0 Å². The molecule has 25 heavy (non-hydrogen) atoms. The van der Waals surface area contributed by atoms with Crippen molar-refractivity contribution in [3.8, 4) is 5.75 Å². The van der Waals surface area contributed by atoms with Gasteiger partial charge in [-0.05, 0) is 43.0 Å². The highest BCUT2D eigenvalue weighted by Crippen LogP contribution is 2.33. The fourth-order valence-corrected chi connectivity index (χ4v) is 3.45. The summed E-state index contributed by atoms with van der Waals surface area (Å²) in [6.07, 6.45) is 8.35. The van der Waals surface area contributed by atoms with Crippen LogP contribution in [0.2, 0.25) is 0 Å². The molecule has 1 saturated heterocycles. The molecule has 2 aromatic heterocycles. The maximum atomic E-state index is 13.1. The van der Waals surface area contributed by atoms with Gasteiger partial charge in [0, 0.05) is 25.1 Å². The van der Waals surface area contributed by atoms with Crippen LogP contribution in [-0.4, -0.2) is 38.8 Å². The number of ether oxygens (including phenoxy) is 1. The Labute approximate surface area is 146 Å². The maximum Gasteiger partial charge on any atom is 0.274 e. The standard InChI is InChI=1S/C19H20N4O2/c1-25-15-7-4-6-14(12-15)17-8-2-3-11-23(17)18(24)16-13-22-10-5-9-20-19(22)21-16/h4-7,9-10,12-13,17H,2-3,8,11H2,1H3/t17-/m1/s1. The van der Waals surface area contributed by atoms with Crippen LogP contribution < -0.4 is 4.74 Å². The number of methoxy groups -OCH3 is 1. The number of piperidine rings is 1. The van der Waals surface area contributed by atoms with Crippen molar-refractivity contribution in [1.82, 2.24) is 19.3 Å². The highest BCUT2D eigenvalue weighted by atomic mass is 16.5. The first-order valence-electron chi connectivity index (χ1n) is 8.51. The third-order valence-corrected chi connectivity index (χ3v) is 4.70. The minimum absolute atomic E-state index is 0.0435. The molecule has 4 rings (SSSR count). The van der Waals surface area contributed by atoms with Gasteiger partial charge in [-0.1, -0.05) is 12.1 Å². The fourth-order valence-electron chi connectivity index (χ4n) is 3.45. The maximum absolute atomic E-state index is 13.1. The first-order valence-corrected chi connectivity index (χ1v) is 8.51. The molecule has 0 spiro atoms. The number of hydrogen-bond acceptors (Lipinski definition) is 4. The summed E-state index contributed by atoms with van der Waals surface area (Å²) < 4.78 is 7.11. The van der Waals surface area contributed by atoms with E-state index < -0.39 is 0 Å². The van der Waals surface area contributed by atoms with Crippen LogP contribution in [0.3, 0.4) is 0 Å². The lowest BCUT2D eigenvalue weighted by atomic mass is 9.94. The second-order valence-electron chi connectivity index (χ2n) is 6.24. The van der Waals surface area contributed by atoms with Gasteiger partial charge in [0.25, 0.3) is 5.91 Å². The minimum Gasteiger partial charge on any atom is -0.497 e. The molecule has 0 bridgehead atoms. The molecule has 0 saturated carbocycles. The van der Waals surface area contributed by atoms with Gasteiger partial charge < -0.3 is 9.64 Å². The third kappa shape index (κ3) is 2.95. The number of fused-ring (bicyclic) bond motifs is 1. The van der Waals surface area contributed by atoms with Gasteiger partial charge in [-0.3, -0.25) is 9.20 Å². The van der Waals surface area contributed by atoms with E-state index in [-0.39, 0.29) is 11.9 Å². The summed E-state index contributed by atoms with van der Waals surface area (Å²) in [4.78, 5) is 23.6. The molecular formula is C19H20N4O2. The van der Waals surface area contributed by atoms with Gasteiger partial charge in [0.2, 0.25) is 5.78 Å². The molecule has 0 unspecified atom stereocenters. The molecule has 1 atom stereocenters. The molecule has 128 valence electrons. The van der Waals surface area contributed by atoms with E-state index in [0.717, 1.165) is 37.1 Å². The first-order chi connectivity index (χ1) is 12.3. The number of imidazole rings is 1. The van der Waals surface area contributed by atoms with Gasteiger partial charge in [-0.15, -0.1) is 0 Å². The molecule has 6 heteroatoms. The quantitative estimate of drug-likeness (QED) is 0.737. The van der Waals surface area contributed by atoms with Crippen LogP contribution in [0.5, 0.6) is 5.75 Å². The van der Waals surface area contributed by atoms with Gasteiger partial charge in [0.05, 0.1) is 13.2 Å². The molecule has 6 nitrogen and oxygen atoms in total. The van der Waals surface area contributed by atoms with Crippen molar-refractivity contribution in [2.24, 2.45) is 0 Å². The number of carbonyl (C=O) groups excluding carboxylic acids is 1. The zero-order valence-electron chi connectivity index (χ0n) is 14.1. The summed E-state index contributed by atoms with van der Waals surface area (Å²) in [5, 5.41) is 0. The van der Waals surface area contributed by atoms with E-state index in [0.29, 0.717) is 11.5 Å². The summed E-state index contributed by atoms with van der Waals surface area (Å²) in [6.45, 7) is 0.738. The SMILES string of the molecule is COc1cccc([C@H]2CCCCN2C(=O)c2cn3cccnc3n2)c1. The largest absolute Gasteiger partial charge is 0.497 e. The fraction of sp³-hybridized carbons (Fsp3) is 0.316. The Morgan fingerprint density at radius 1 is 1.28 bits per heavy atom. The van der Waals surface area contributed by atoms with Crippen LogP contribution >= 0.6 is 0 Å². The number of likely N-dealkylation sites (tertiary alicyclic amines) is 1. The van der Waals surface area contributed by atoms with E-state index in [4.69, 9.17) is 4.74 Å². The lowest BCUT2D eigenvalue weighted by Crippen LogP contribution is -2.38. The van der Waals surface area contributed by atoms with Gasteiger partial charge >= 0.3 is 0 Å². The molecule has 0 N–H and O–H groups in total. The van der Waals surface area contributed by atoms with E-state index in [9.17, 15) is 4.79 Å². The Kier molecular flexibility index (Phi) is 4.09. The second kappa shape index (κ2) is 6.55. The normalized spacial score (nSPS) is 17.6. The number of aromatic nitrogens is 3. The highest BCUT2D eigenvalue weighted by Gasteiger charge is 2.30. The van der Waals surface area contributed by atoms with Crippen LogP contribution in [0.25, 0.3) is 5.78 Å². The molecular weight excluding hydrogens is 316 g/mol. The van der Waals surface area contributed by atoms with Crippen LogP contribution in [0.4, 0.5) is 0 Å². The van der Waals surface area contributed by atoms with Gasteiger partial charge in [-0.25, -0.2) is 9.97 Å². The molecule has 1 amide bonds. The van der Waals surface area contributed by atoms with E-state index in [2.05, 4.69) is 16.0 Å². The van der Waals surface area contributed by atoms with Gasteiger partial charge in [0.15, 0.2) is 0 Å². The predicted molar refractivity (Wildman–Crippen MR) is 93.6 cm³/mol. The van der Waals surface area contributed by atoms with Crippen molar-refractivity contribution < 1.29 is 9.53 Å². The molecule has 1 aromatic carbocycles. The Hall–Kier alpha value is -2.89. The van der Waals surface area contributed by atoms with Crippen LogP contribution in [0, 0.1) is 0 Å². The van der Waals surface area contributed by atoms with E-state index in [1.807, 2.05) is 35.4 Å². The van der Waals surface area contributed by atoms with Gasteiger partial charge in [0.1, 0.15) is 11.4 Å². The Balaban J connectivity index is 1.66. The van der Waals surface area contributed by atoms with Crippen LogP contribution in [0.1, 0.15) is 41.4 Å². The Morgan fingerprint density at radius 2 is 2.20 bits per heavy atom. The van der Waals surface area contributed by atoms with Crippen molar-refractivity contribution in [2.45, 2.75) is 25.3 Å². The molecule has 1 fully saturated rings. The number of nitrogens with zero attached hydrogens (tertiary/aromatic N) is 4. The summed E-state index contributed by atoms with van der Waals surface area (Å²) >= 11 is 0. The monoisotopic (exact) mass is 336 g/mol. The first kappa shape index (κ1) is 15.6. The average Bonchev–Trinajstić information content (AvgIpc) is 3.11. The molecule has 3 aromatic rings. The summed E-state index contributed by atoms with van der Waals surface area (Å²) in [5.41, 5.74) is 1.54. The zero-order chi connectivity index (χ0) is 17.2. The highest BCUT2D eigenvalue weighted by molar-refractivity contribution is 5.93. The van der Waals surface area contributed by atoms with Gasteiger partial charge in [-0.2, -0.15) is 0 Å². The average molecular weight is 336 g/mol. The van der Waals surface area contributed by atoms with E-state index in [1.165, 1.54) is 0 Å². The number of rotatable bonds is 3. The Bertz CT molecular complexity index is 872. The summed E-state index contributed by atoms with van der Waals surface area (Å²) in [6, 6.07) is 9.84. The summed E-state index contributed by atoms with van der Waals surface area (Å²) in [7, 11) is 1.66. The molecule has 0 aliphatic carbocycles. The Morgan fingerprint density at radius 3 is 3.04 bits per heavy atom. The van der Waals surface area contributed by atoms with E-state index in [1.54, 1.807) is 23.9 Å². The van der Waals surface area contributed by atoms with Crippen molar-refractivity contribution >= 4 is 11.7 Å². The molecule has 1 aliphatic heterocycles. The number of benzene rings is 1. The van der Waals surface area contributed by atoms with Crippen LogP contribution in [0.15, 0.2) is 48.9 Å². The van der Waals surface area contributed by atoms with Crippen LogP contribution in [-0.2, 0) is 0 Å². The number of amides is 1. The predicted octanol–water partition coefficient (Wildman–Crippen LogP) is 3.11. The van der Waals surface area contributed by atoms with Crippen molar-refractivity contribution in [3.05, 3.63) is 60.2 Å². The number of carbonyl (C=O) groups is 1.